The lowest BCUT2D eigenvalue weighted by Gasteiger charge is -2.35. The molecule has 25 heavy (non-hydrogen) atoms. The van der Waals surface area contributed by atoms with Gasteiger partial charge in [0.25, 0.3) is 0 Å². The van der Waals surface area contributed by atoms with Crippen LogP contribution in [0.4, 0.5) is 5.69 Å². The number of hydrogen-bond acceptors (Lipinski definition) is 5. The van der Waals surface area contributed by atoms with E-state index in [0.29, 0.717) is 42.5 Å². The maximum Gasteiger partial charge on any atom is 0.246 e. The van der Waals surface area contributed by atoms with Crippen molar-refractivity contribution in [3.8, 4) is 5.75 Å². The van der Waals surface area contributed by atoms with Crippen molar-refractivity contribution in [2.45, 2.75) is 18.7 Å². The Labute approximate surface area is 148 Å². The van der Waals surface area contributed by atoms with E-state index in [1.54, 1.807) is 37.0 Å². The van der Waals surface area contributed by atoms with Crippen molar-refractivity contribution in [3.05, 3.63) is 35.7 Å². The van der Waals surface area contributed by atoms with Gasteiger partial charge >= 0.3 is 0 Å². The largest absolute Gasteiger partial charge is 0.497 e. The molecule has 1 aliphatic rings. The molecular formula is C17H24N4O3S. The summed E-state index contributed by atoms with van der Waals surface area (Å²) >= 11 is 0. The van der Waals surface area contributed by atoms with Crippen molar-refractivity contribution in [3.63, 3.8) is 0 Å². The molecule has 7 nitrogen and oxygen atoms in total. The molecule has 3 rings (SSSR count). The van der Waals surface area contributed by atoms with Crippen LogP contribution >= 0.6 is 0 Å². The first-order chi connectivity index (χ1) is 11.8. The fourth-order valence-electron chi connectivity index (χ4n) is 3.25. The summed E-state index contributed by atoms with van der Waals surface area (Å²) in [5, 5.41) is 4.24. The van der Waals surface area contributed by atoms with Crippen LogP contribution in [-0.2, 0) is 17.1 Å². The van der Waals surface area contributed by atoms with Gasteiger partial charge in [0.05, 0.1) is 18.5 Å². The third-order valence-electron chi connectivity index (χ3n) is 4.70. The molecule has 0 spiro atoms. The second-order valence-corrected chi connectivity index (χ2v) is 8.09. The van der Waals surface area contributed by atoms with Crippen LogP contribution in [0, 0.1) is 13.8 Å². The van der Waals surface area contributed by atoms with Gasteiger partial charge in [0.1, 0.15) is 10.6 Å². The topological polar surface area (TPSA) is 67.7 Å². The number of piperazine rings is 1. The first-order valence-corrected chi connectivity index (χ1v) is 9.68. The molecule has 0 radical (unpaired) electrons. The number of ether oxygens (including phenoxy) is 1. The summed E-state index contributed by atoms with van der Waals surface area (Å²) in [6.45, 7) is 5.72. The Kier molecular flexibility index (Phi) is 4.75. The Hall–Kier alpha value is -2.06. The van der Waals surface area contributed by atoms with Crippen molar-refractivity contribution >= 4 is 15.7 Å². The number of nitrogens with zero attached hydrogens (tertiary/aromatic N) is 4. The molecule has 1 aromatic carbocycles. The molecular weight excluding hydrogens is 340 g/mol. The van der Waals surface area contributed by atoms with Gasteiger partial charge in [0, 0.05) is 45.0 Å². The lowest BCUT2D eigenvalue weighted by atomic mass is 10.2. The summed E-state index contributed by atoms with van der Waals surface area (Å²) in [4.78, 5) is 2.52. The van der Waals surface area contributed by atoms with Crippen LogP contribution in [0.5, 0.6) is 5.75 Å². The minimum Gasteiger partial charge on any atom is -0.497 e. The Morgan fingerprint density at radius 3 is 2.36 bits per heavy atom. The molecule has 0 N–H and O–H groups in total. The minimum atomic E-state index is -3.52. The summed E-state index contributed by atoms with van der Waals surface area (Å²) in [6, 6.07) is 7.83. The molecule has 1 aromatic heterocycles. The normalized spacial score (nSPS) is 16.2. The molecule has 136 valence electrons. The first-order valence-electron chi connectivity index (χ1n) is 8.24. The van der Waals surface area contributed by atoms with Crippen molar-refractivity contribution in [2.24, 2.45) is 7.05 Å². The van der Waals surface area contributed by atoms with Gasteiger partial charge < -0.3 is 9.64 Å². The molecule has 1 aliphatic heterocycles. The summed E-state index contributed by atoms with van der Waals surface area (Å²) in [5.74, 6) is 0.800. The Balaban J connectivity index is 1.77. The van der Waals surface area contributed by atoms with Crippen LogP contribution in [0.25, 0.3) is 0 Å². The van der Waals surface area contributed by atoms with Gasteiger partial charge in [0.2, 0.25) is 10.0 Å². The van der Waals surface area contributed by atoms with E-state index in [0.717, 1.165) is 11.4 Å². The third-order valence-corrected chi connectivity index (χ3v) is 6.85. The molecule has 0 bridgehead atoms. The second kappa shape index (κ2) is 6.68. The van der Waals surface area contributed by atoms with Gasteiger partial charge in [0.15, 0.2) is 0 Å². The highest BCUT2D eigenvalue weighted by atomic mass is 32.2. The number of benzene rings is 1. The molecule has 2 aromatic rings. The number of aromatic nitrogens is 2. The molecule has 1 fully saturated rings. The van der Waals surface area contributed by atoms with Crippen LogP contribution in [0.3, 0.4) is 0 Å². The third kappa shape index (κ3) is 3.23. The number of rotatable bonds is 4. The molecule has 0 atom stereocenters. The van der Waals surface area contributed by atoms with E-state index in [-0.39, 0.29) is 0 Å². The Morgan fingerprint density at radius 2 is 1.80 bits per heavy atom. The number of hydrogen-bond donors (Lipinski definition) is 0. The van der Waals surface area contributed by atoms with Crippen molar-refractivity contribution in [1.82, 2.24) is 14.1 Å². The van der Waals surface area contributed by atoms with Crippen molar-refractivity contribution < 1.29 is 13.2 Å². The smallest absolute Gasteiger partial charge is 0.246 e. The fourth-order valence-corrected chi connectivity index (χ4v) is 5.07. The number of sulfonamides is 1. The van der Waals surface area contributed by atoms with Crippen LogP contribution < -0.4 is 9.64 Å². The molecule has 0 unspecified atom stereocenters. The van der Waals surface area contributed by atoms with Crippen LogP contribution in [-0.4, -0.2) is 55.8 Å². The summed E-state index contributed by atoms with van der Waals surface area (Å²) < 4.78 is 34.5. The van der Waals surface area contributed by atoms with Crippen molar-refractivity contribution in [2.75, 3.05) is 38.2 Å². The predicted octanol–water partition coefficient (Wildman–Crippen LogP) is 1.56. The lowest BCUT2D eigenvalue weighted by Crippen LogP contribution is -2.48. The molecule has 2 heterocycles. The van der Waals surface area contributed by atoms with E-state index < -0.39 is 10.0 Å². The Bertz CT molecular complexity index is 868. The monoisotopic (exact) mass is 364 g/mol. The quantitative estimate of drug-likeness (QED) is 0.824. The minimum absolute atomic E-state index is 0.338. The summed E-state index contributed by atoms with van der Waals surface area (Å²) in [7, 11) is -0.115. The maximum atomic E-state index is 13.0. The van der Waals surface area contributed by atoms with E-state index in [9.17, 15) is 8.42 Å². The standard InChI is InChI=1S/C17H24N4O3S/c1-13-17(14(2)19(3)18-13)25(22,23)21-10-8-20(9-11-21)15-6-5-7-16(12-15)24-4/h5-7,12H,8-11H2,1-4H3. The maximum absolute atomic E-state index is 13.0. The van der Waals surface area contributed by atoms with E-state index in [1.807, 2.05) is 24.3 Å². The van der Waals surface area contributed by atoms with Gasteiger partial charge in [-0.3, -0.25) is 4.68 Å². The van der Waals surface area contributed by atoms with Crippen LogP contribution in [0.2, 0.25) is 0 Å². The molecule has 0 aliphatic carbocycles. The molecule has 1 saturated heterocycles. The summed E-state index contributed by atoms with van der Waals surface area (Å²) in [5.41, 5.74) is 2.27. The number of anilines is 1. The average Bonchev–Trinajstić information content (AvgIpc) is 2.87. The SMILES string of the molecule is COc1cccc(N2CCN(S(=O)(=O)c3c(C)nn(C)c3C)CC2)c1. The number of methoxy groups -OCH3 is 1. The second-order valence-electron chi connectivity index (χ2n) is 6.22. The zero-order valence-electron chi connectivity index (χ0n) is 15.1. The molecule has 0 amide bonds. The van der Waals surface area contributed by atoms with Gasteiger partial charge in [-0.15, -0.1) is 0 Å². The van der Waals surface area contributed by atoms with Crippen molar-refractivity contribution in [1.29, 1.82) is 0 Å². The fraction of sp³-hybridized carbons (Fsp3) is 0.471. The first kappa shape index (κ1) is 17.8. The van der Waals surface area contributed by atoms with Gasteiger partial charge in [-0.05, 0) is 26.0 Å². The van der Waals surface area contributed by atoms with E-state index in [4.69, 9.17) is 4.74 Å². The van der Waals surface area contributed by atoms with E-state index in [2.05, 4.69) is 10.00 Å². The zero-order valence-corrected chi connectivity index (χ0v) is 15.9. The van der Waals surface area contributed by atoms with Gasteiger partial charge in [-0.1, -0.05) is 6.07 Å². The predicted molar refractivity (Wildman–Crippen MR) is 96.6 cm³/mol. The highest BCUT2D eigenvalue weighted by Gasteiger charge is 2.32. The van der Waals surface area contributed by atoms with E-state index in [1.165, 1.54) is 0 Å². The van der Waals surface area contributed by atoms with E-state index >= 15 is 0 Å². The highest BCUT2D eigenvalue weighted by Crippen LogP contribution is 2.26. The summed E-state index contributed by atoms with van der Waals surface area (Å²) in [6.07, 6.45) is 0. The van der Waals surface area contributed by atoms with Gasteiger partial charge in [-0.2, -0.15) is 9.40 Å². The van der Waals surface area contributed by atoms with Crippen LogP contribution in [0.1, 0.15) is 11.4 Å². The van der Waals surface area contributed by atoms with Crippen LogP contribution in [0.15, 0.2) is 29.2 Å². The molecule has 8 heteroatoms. The molecule has 0 saturated carbocycles. The zero-order chi connectivity index (χ0) is 18.2. The highest BCUT2D eigenvalue weighted by molar-refractivity contribution is 7.89. The van der Waals surface area contributed by atoms with Gasteiger partial charge in [-0.25, -0.2) is 8.42 Å². The average molecular weight is 364 g/mol. The lowest BCUT2D eigenvalue weighted by molar-refractivity contribution is 0.383. The number of aryl methyl sites for hydroxylation is 2. The Morgan fingerprint density at radius 1 is 1.12 bits per heavy atom.